The fraction of sp³-hybridized carbons (Fsp3) is 0.368. The van der Waals surface area contributed by atoms with Crippen LogP contribution in [0.5, 0.6) is 0 Å². The Balaban J connectivity index is 2.29. The second kappa shape index (κ2) is 7.71. The lowest BCUT2D eigenvalue weighted by molar-refractivity contribution is -0.659. The van der Waals surface area contributed by atoms with Gasteiger partial charge in [-0.15, -0.1) is 0 Å². The predicted octanol–water partition coefficient (Wildman–Crippen LogP) is 1.24. The predicted molar refractivity (Wildman–Crippen MR) is 101 cm³/mol. The molecule has 0 aliphatic carbocycles. The van der Waals surface area contributed by atoms with Crippen LogP contribution in [0, 0.1) is 6.92 Å². The van der Waals surface area contributed by atoms with Crippen LogP contribution >= 0.6 is 0 Å². The van der Waals surface area contributed by atoms with Gasteiger partial charge in [-0.1, -0.05) is 11.1 Å². The third-order valence-corrected chi connectivity index (χ3v) is 4.38. The van der Waals surface area contributed by atoms with E-state index in [2.05, 4.69) is 4.98 Å². The molecule has 0 aromatic carbocycles. The summed E-state index contributed by atoms with van der Waals surface area (Å²) in [5.41, 5.74) is 8.00. The number of nitrogens with zero attached hydrogens (tertiary/aromatic N) is 3. The van der Waals surface area contributed by atoms with E-state index in [0.717, 1.165) is 5.56 Å². The van der Waals surface area contributed by atoms with E-state index in [4.69, 9.17) is 15.2 Å². The van der Waals surface area contributed by atoms with Crippen LogP contribution in [-0.2, 0) is 16.0 Å². The van der Waals surface area contributed by atoms with Gasteiger partial charge in [0.2, 0.25) is 11.5 Å². The number of methoxy groups -OCH3 is 1. The summed E-state index contributed by atoms with van der Waals surface area (Å²) in [4.78, 5) is 29.8. The van der Waals surface area contributed by atoms with Gasteiger partial charge < -0.3 is 15.2 Å². The Morgan fingerprint density at radius 3 is 2.85 bits per heavy atom. The number of nitrogen functional groups attached to an aromatic ring is 1. The molecule has 8 heteroatoms. The number of hydrogen-bond acceptors (Lipinski definition) is 6. The molecule has 3 aromatic heterocycles. The number of aryl methyl sites for hydroxylation is 2. The average molecular weight is 371 g/mol. The normalized spacial score (nSPS) is 11.2. The first-order chi connectivity index (χ1) is 13.0. The Morgan fingerprint density at radius 1 is 1.37 bits per heavy atom. The number of pyridine rings is 2. The van der Waals surface area contributed by atoms with Crippen molar-refractivity contribution in [2.75, 3.05) is 26.1 Å². The van der Waals surface area contributed by atoms with Crippen molar-refractivity contribution in [2.24, 2.45) is 0 Å². The lowest BCUT2D eigenvalue weighted by Crippen LogP contribution is -2.42. The first-order valence-electron chi connectivity index (χ1n) is 8.79. The third-order valence-electron chi connectivity index (χ3n) is 4.38. The van der Waals surface area contributed by atoms with Gasteiger partial charge in [-0.3, -0.25) is 9.20 Å². The molecule has 0 unspecified atom stereocenters. The minimum atomic E-state index is -0.596. The first kappa shape index (κ1) is 18.8. The van der Waals surface area contributed by atoms with Gasteiger partial charge in [0.25, 0.3) is 11.2 Å². The molecular formula is C19H23N4O4+. The molecule has 0 saturated carbocycles. The molecule has 3 heterocycles. The standard InChI is InChI=1S/C19H22N4O4/c1-4-27-9-5-8-22-16(20)13(19(25)26-3)10-14-17(22)21-15-7-6-12(2)11-23(15)18(14)24/h6-7,10-11,20H,4-5,8-9H2,1-3H3/p+1. The van der Waals surface area contributed by atoms with Gasteiger partial charge >= 0.3 is 5.97 Å². The molecule has 0 amide bonds. The van der Waals surface area contributed by atoms with Crippen LogP contribution in [0.3, 0.4) is 0 Å². The van der Waals surface area contributed by atoms with Crippen LogP contribution in [0.25, 0.3) is 16.7 Å². The van der Waals surface area contributed by atoms with E-state index in [-0.39, 0.29) is 16.9 Å². The lowest BCUT2D eigenvalue weighted by atomic mass is 10.2. The second-order valence-electron chi connectivity index (χ2n) is 6.23. The van der Waals surface area contributed by atoms with Crippen LogP contribution in [-0.4, -0.2) is 35.7 Å². The number of ether oxygens (including phenoxy) is 2. The van der Waals surface area contributed by atoms with Gasteiger partial charge in [-0.2, -0.15) is 0 Å². The number of fused-ring (bicyclic) bond motifs is 2. The zero-order chi connectivity index (χ0) is 19.6. The van der Waals surface area contributed by atoms with Gasteiger partial charge in [0.15, 0.2) is 0 Å². The highest BCUT2D eigenvalue weighted by atomic mass is 16.5. The average Bonchev–Trinajstić information content (AvgIpc) is 2.66. The highest BCUT2D eigenvalue weighted by Crippen LogP contribution is 2.16. The molecule has 3 aromatic rings. The summed E-state index contributed by atoms with van der Waals surface area (Å²) in [6.07, 6.45) is 2.38. The van der Waals surface area contributed by atoms with Gasteiger partial charge in [-0.25, -0.2) is 9.36 Å². The Morgan fingerprint density at radius 2 is 2.15 bits per heavy atom. The zero-order valence-electron chi connectivity index (χ0n) is 15.7. The fourth-order valence-corrected chi connectivity index (χ4v) is 3.03. The molecule has 2 N–H and O–H groups in total. The van der Waals surface area contributed by atoms with Crippen molar-refractivity contribution in [1.82, 2.24) is 9.38 Å². The van der Waals surface area contributed by atoms with Crippen molar-refractivity contribution in [1.29, 1.82) is 0 Å². The topological polar surface area (TPSA) is 99.8 Å². The Bertz CT molecular complexity index is 1070. The minimum absolute atomic E-state index is 0.146. The molecule has 8 nitrogen and oxygen atoms in total. The number of aromatic nitrogens is 3. The number of hydrogen-bond donors (Lipinski definition) is 1. The van der Waals surface area contributed by atoms with Gasteiger partial charge in [-0.05, 0) is 31.5 Å². The highest BCUT2D eigenvalue weighted by molar-refractivity contribution is 5.96. The van der Waals surface area contributed by atoms with Crippen LogP contribution in [0.2, 0.25) is 0 Å². The molecule has 0 aliphatic rings. The fourth-order valence-electron chi connectivity index (χ4n) is 3.03. The van der Waals surface area contributed by atoms with Crippen LogP contribution in [0.15, 0.2) is 29.2 Å². The number of carbonyl (C=O) groups is 1. The number of carbonyl (C=O) groups excluding carboxylic acids is 1. The van der Waals surface area contributed by atoms with E-state index in [1.54, 1.807) is 16.8 Å². The molecule has 0 saturated heterocycles. The maximum Gasteiger partial charge on any atom is 0.344 e. The monoisotopic (exact) mass is 371 g/mol. The Kier molecular flexibility index (Phi) is 5.36. The molecule has 0 radical (unpaired) electrons. The quantitative estimate of drug-likeness (QED) is 0.303. The van der Waals surface area contributed by atoms with E-state index < -0.39 is 5.97 Å². The number of esters is 1. The SMILES string of the molecule is CCOCCC[n+]1c(N)c(C(=O)OC)cc2c(=O)n3cc(C)ccc3nc21. The van der Waals surface area contributed by atoms with E-state index >= 15 is 0 Å². The number of anilines is 1. The summed E-state index contributed by atoms with van der Waals surface area (Å²) >= 11 is 0. The Hall–Kier alpha value is -3.00. The van der Waals surface area contributed by atoms with E-state index in [0.29, 0.717) is 42.9 Å². The maximum atomic E-state index is 13.0. The molecule has 142 valence electrons. The molecule has 0 bridgehead atoms. The van der Waals surface area contributed by atoms with Crippen molar-refractivity contribution in [2.45, 2.75) is 26.8 Å². The van der Waals surface area contributed by atoms with E-state index in [9.17, 15) is 9.59 Å². The van der Waals surface area contributed by atoms with Crippen LogP contribution in [0.1, 0.15) is 29.3 Å². The van der Waals surface area contributed by atoms with E-state index in [1.807, 2.05) is 19.9 Å². The molecule has 0 fully saturated rings. The number of rotatable bonds is 6. The van der Waals surface area contributed by atoms with Crippen molar-refractivity contribution in [3.63, 3.8) is 0 Å². The zero-order valence-corrected chi connectivity index (χ0v) is 15.7. The summed E-state index contributed by atoms with van der Waals surface area (Å²) in [7, 11) is 1.28. The van der Waals surface area contributed by atoms with E-state index in [1.165, 1.54) is 17.6 Å². The lowest BCUT2D eigenvalue weighted by Gasteiger charge is -2.11. The molecule has 3 rings (SSSR count). The van der Waals surface area contributed by atoms with Gasteiger partial charge in [0.05, 0.1) is 13.7 Å². The van der Waals surface area contributed by atoms with Crippen molar-refractivity contribution >= 4 is 28.5 Å². The molecule has 0 aliphatic heterocycles. The summed E-state index contributed by atoms with van der Waals surface area (Å²) in [5.74, 6) is -0.379. The van der Waals surface area contributed by atoms with Crippen molar-refractivity contribution in [3.05, 3.63) is 45.9 Å². The smallest absolute Gasteiger partial charge is 0.344 e. The second-order valence-corrected chi connectivity index (χ2v) is 6.23. The Labute approximate surface area is 156 Å². The summed E-state index contributed by atoms with van der Waals surface area (Å²) < 4.78 is 13.4. The van der Waals surface area contributed by atoms with Crippen LogP contribution < -0.4 is 15.9 Å². The highest BCUT2D eigenvalue weighted by Gasteiger charge is 2.24. The molecular weight excluding hydrogens is 348 g/mol. The van der Waals surface area contributed by atoms with Gasteiger partial charge in [0, 0.05) is 25.8 Å². The molecule has 0 spiro atoms. The largest absolute Gasteiger partial charge is 0.465 e. The molecule has 0 atom stereocenters. The first-order valence-corrected chi connectivity index (χ1v) is 8.79. The van der Waals surface area contributed by atoms with Crippen molar-refractivity contribution in [3.8, 4) is 0 Å². The summed E-state index contributed by atoms with van der Waals surface area (Å²) in [6.45, 7) is 5.44. The minimum Gasteiger partial charge on any atom is -0.465 e. The van der Waals surface area contributed by atoms with Crippen LogP contribution in [0.4, 0.5) is 5.82 Å². The third kappa shape index (κ3) is 3.48. The molecule has 27 heavy (non-hydrogen) atoms. The summed E-state index contributed by atoms with van der Waals surface area (Å²) in [6, 6.07) is 5.13. The maximum absolute atomic E-state index is 13.0. The van der Waals surface area contributed by atoms with Crippen molar-refractivity contribution < 1.29 is 18.8 Å². The summed E-state index contributed by atoms with van der Waals surface area (Å²) in [5, 5.41) is 0.309. The van der Waals surface area contributed by atoms with Gasteiger partial charge in [0.1, 0.15) is 10.9 Å². The number of nitrogens with two attached hydrogens (primary N) is 1.